The van der Waals surface area contributed by atoms with Gasteiger partial charge in [0, 0.05) is 24.9 Å². The number of nitrogens with zero attached hydrogens (tertiary/aromatic N) is 4. The van der Waals surface area contributed by atoms with Crippen LogP contribution in [0, 0.1) is 0 Å². The molecule has 3 heterocycles. The Kier molecular flexibility index (Phi) is 4.07. The normalized spacial score (nSPS) is 11.1. The minimum Gasteiger partial charge on any atom is -0.480 e. The summed E-state index contributed by atoms with van der Waals surface area (Å²) in [5, 5.41) is 9.62. The van der Waals surface area contributed by atoms with Crippen molar-refractivity contribution in [3.63, 3.8) is 0 Å². The van der Waals surface area contributed by atoms with Crippen LogP contribution in [-0.2, 0) is 17.8 Å². The van der Waals surface area contributed by atoms with E-state index in [4.69, 9.17) is 9.47 Å². The molecule has 3 aromatic rings. The van der Waals surface area contributed by atoms with Crippen LogP contribution >= 0.6 is 11.3 Å². The third-order valence-electron chi connectivity index (χ3n) is 3.14. The average molecular weight is 307 g/mol. The highest BCUT2D eigenvalue weighted by Crippen LogP contribution is 2.23. The third kappa shape index (κ3) is 2.86. The van der Waals surface area contributed by atoms with Gasteiger partial charge in [-0.15, -0.1) is 11.3 Å². The molecule has 112 valence electrons. The molecule has 0 bridgehead atoms. The number of hydrogen-bond acceptors (Lipinski definition) is 6. The molecule has 21 heavy (non-hydrogen) atoms. The molecule has 0 fully saturated rings. The third-order valence-corrected chi connectivity index (χ3v) is 3.89. The van der Waals surface area contributed by atoms with E-state index in [1.54, 1.807) is 31.8 Å². The van der Waals surface area contributed by atoms with Gasteiger partial charge in [-0.3, -0.25) is 9.08 Å². The van der Waals surface area contributed by atoms with Gasteiger partial charge in [0.1, 0.15) is 5.69 Å². The number of methoxy groups -OCH3 is 2. The number of thiazole rings is 1. The smallest absolute Gasteiger partial charge is 0.238 e. The summed E-state index contributed by atoms with van der Waals surface area (Å²) < 4.78 is 14.2. The Labute approximate surface area is 126 Å². The maximum Gasteiger partial charge on any atom is 0.238 e. The number of nitrogens with one attached hydrogen (secondary N) is 1. The van der Waals surface area contributed by atoms with E-state index in [-0.39, 0.29) is 0 Å². The fraction of sp³-hybridized carbons (Fsp3) is 0.385. The first kappa shape index (κ1) is 13.9. The molecule has 0 unspecified atom stereocenters. The molecule has 8 heteroatoms. The first-order chi connectivity index (χ1) is 10.3. The molecule has 0 radical (unpaired) electrons. The van der Waals surface area contributed by atoms with E-state index in [1.165, 1.54) is 0 Å². The van der Waals surface area contributed by atoms with Crippen molar-refractivity contribution in [2.45, 2.75) is 13.1 Å². The van der Waals surface area contributed by atoms with Crippen molar-refractivity contribution < 1.29 is 9.47 Å². The van der Waals surface area contributed by atoms with Crippen molar-refractivity contribution in [1.29, 1.82) is 0 Å². The number of rotatable bonds is 7. The van der Waals surface area contributed by atoms with Crippen LogP contribution in [0.2, 0.25) is 0 Å². The van der Waals surface area contributed by atoms with Crippen LogP contribution in [0.1, 0.15) is 5.69 Å². The fourth-order valence-corrected chi connectivity index (χ4v) is 2.81. The zero-order chi connectivity index (χ0) is 14.7. The van der Waals surface area contributed by atoms with Crippen molar-refractivity contribution in [3.05, 3.63) is 29.7 Å². The van der Waals surface area contributed by atoms with E-state index in [0.717, 1.165) is 22.9 Å². The summed E-state index contributed by atoms with van der Waals surface area (Å²) in [7, 11) is 3.32. The maximum absolute atomic E-state index is 5.33. The second kappa shape index (κ2) is 6.15. The van der Waals surface area contributed by atoms with E-state index in [2.05, 4.69) is 15.4 Å². The van der Waals surface area contributed by atoms with Crippen LogP contribution in [0.25, 0.3) is 4.96 Å². The number of aromatic nitrogens is 4. The van der Waals surface area contributed by atoms with Crippen LogP contribution in [0.5, 0.6) is 5.88 Å². The van der Waals surface area contributed by atoms with Crippen molar-refractivity contribution in [3.8, 4) is 5.88 Å². The standard InChI is InChI=1S/C13H17N5O2S/c1-19-5-3-17-9-10(7-15-17)14-8-11-12(20-2)16-13-18(11)4-6-21-13/h4,6-7,9,14H,3,5,8H2,1-2H3. The maximum atomic E-state index is 5.33. The topological polar surface area (TPSA) is 65.6 Å². The van der Waals surface area contributed by atoms with Crippen LogP contribution in [0.3, 0.4) is 0 Å². The van der Waals surface area contributed by atoms with Gasteiger partial charge in [0.25, 0.3) is 0 Å². The monoisotopic (exact) mass is 307 g/mol. The summed E-state index contributed by atoms with van der Waals surface area (Å²) >= 11 is 1.59. The lowest BCUT2D eigenvalue weighted by Gasteiger charge is -2.04. The Morgan fingerprint density at radius 2 is 2.29 bits per heavy atom. The summed E-state index contributed by atoms with van der Waals surface area (Å²) in [4.78, 5) is 5.36. The number of anilines is 1. The van der Waals surface area contributed by atoms with Gasteiger partial charge in [-0.2, -0.15) is 10.1 Å². The molecule has 3 rings (SSSR count). The predicted molar refractivity (Wildman–Crippen MR) is 81.1 cm³/mol. The van der Waals surface area contributed by atoms with Gasteiger partial charge in [0.2, 0.25) is 5.88 Å². The Morgan fingerprint density at radius 1 is 1.38 bits per heavy atom. The second-order valence-corrected chi connectivity index (χ2v) is 5.33. The summed E-state index contributed by atoms with van der Waals surface area (Å²) in [5.41, 5.74) is 1.96. The lowest BCUT2D eigenvalue weighted by molar-refractivity contribution is 0.183. The highest BCUT2D eigenvalue weighted by Gasteiger charge is 2.13. The molecular weight excluding hydrogens is 290 g/mol. The van der Waals surface area contributed by atoms with E-state index < -0.39 is 0 Å². The summed E-state index contributed by atoms with van der Waals surface area (Å²) in [6.45, 7) is 2.01. The minimum atomic E-state index is 0.622. The van der Waals surface area contributed by atoms with E-state index >= 15 is 0 Å². The van der Waals surface area contributed by atoms with Gasteiger partial charge >= 0.3 is 0 Å². The van der Waals surface area contributed by atoms with E-state index in [9.17, 15) is 0 Å². The molecule has 0 saturated heterocycles. The molecule has 0 saturated carbocycles. The van der Waals surface area contributed by atoms with Gasteiger partial charge in [0.05, 0.1) is 38.7 Å². The van der Waals surface area contributed by atoms with Crippen molar-refractivity contribution in [1.82, 2.24) is 19.2 Å². The van der Waals surface area contributed by atoms with E-state index in [0.29, 0.717) is 19.0 Å². The van der Waals surface area contributed by atoms with E-state index in [1.807, 2.05) is 26.9 Å². The summed E-state index contributed by atoms with van der Waals surface area (Å²) in [5.74, 6) is 0.654. The van der Waals surface area contributed by atoms with Crippen molar-refractivity contribution >= 4 is 22.0 Å². The molecule has 0 spiro atoms. The summed E-state index contributed by atoms with van der Waals surface area (Å²) in [6, 6.07) is 0. The van der Waals surface area contributed by atoms with Gasteiger partial charge in [0.15, 0.2) is 4.96 Å². The predicted octanol–water partition coefficient (Wildman–Crippen LogP) is 1.86. The summed E-state index contributed by atoms with van der Waals surface area (Å²) in [6.07, 6.45) is 5.75. The van der Waals surface area contributed by atoms with Crippen LogP contribution in [0.4, 0.5) is 5.69 Å². The second-order valence-electron chi connectivity index (χ2n) is 4.46. The molecular formula is C13H17N5O2S. The Balaban J connectivity index is 1.71. The number of hydrogen-bond donors (Lipinski definition) is 1. The molecule has 3 aromatic heterocycles. The lowest BCUT2D eigenvalue weighted by atomic mass is 10.4. The van der Waals surface area contributed by atoms with Crippen molar-refractivity contribution in [2.24, 2.45) is 0 Å². The molecule has 0 amide bonds. The van der Waals surface area contributed by atoms with Gasteiger partial charge in [-0.05, 0) is 0 Å². The molecule has 0 aliphatic carbocycles. The molecule has 0 aliphatic heterocycles. The Bertz CT molecular complexity index is 717. The molecule has 0 aromatic carbocycles. The Morgan fingerprint density at radius 3 is 3.10 bits per heavy atom. The lowest BCUT2D eigenvalue weighted by Crippen LogP contribution is -2.05. The SMILES string of the molecule is COCCn1cc(NCc2c(OC)nc3sccn23)cn1. The largest absolute Gasteiger partial charge is 0.480 e. The first-order valence-corrected chi connectivity index (χ1v) is 7.43. The molecule has 0 aliphatic rings. The van der Waals surface area contributed by atoms with Crippen molar-refractivity contribution in [2.75, 3.05) is 26.1 Å². The highest BCUT2D eigenvalue weighted by atomic mass is 32.1. The van der Waals surface area contributed by atoms with Crippen LogP contribution < -0.4 is 10.1 Å². The molecule has 0 atom stereocenters. The number of ether oxygens (including phenoxy) is 2. The number of imidazole rings is 1. The molecule has 1 N–H and O–H groups in total. The minimum absolute atomic E-state index is 0.622. The average Bonchev–Trinajstić information content (AvgIpc) is 3.18. The Hall–Kier alpha value is -2.06. The van der Waals surface area contributed by atoms with Crippen LogP contribution in [-0.4, -0.2) is 40.0 Å². The first-order valence-electron chi connectivity index (χ1n) is 6.55. The van der Waals surface area contributed by atoms with Gasteiger partial charge in [-0.25, -0.2) is 0 Å². The quantitative estimate of drug-likeness (QED) is 0.722. The highest BCUT2D eigenvalue weighted by molar-refractivity contribution is 7.15. The zero-order valence-corrected chi connectivity index (χ0v) is 12.8. The molecule has 7 nitrogen and oxygen atoms in total. The fourth-order valence-electron chi connectivity index (χ4n) is 2.08. The number of fused-ring (bicyclic) bond motifs is 1. The van der Waals surface area contributed by atoms with Crippen LogP contribution in [0.15, 0.2) is 24.0 Å². The van der Waals surface area contributed by atoms with Gasteiger partial charge < -0.3 is 14.8 Å². The zero-order valence-electron chi connectivity index (χ0n) is 11.9. The van der Waals surface area contributed by atoms with Gasteiger partial charge in [-0.1, -0.05) is 0 Å².